The first kappa shape index (κ1) is 17.5. The second kappa shape index (κ2) is 8.88. The van der Waals surface area contributed by atoms with Gasteiger partial charge in [0.25, 0.3) is 0 Å². The van der Waals surface area contributed by atoms with Crippen molar-refractivity contribution in [2.24, 2.45) is 5.73 Å². The van der Waals surface area contributed by atoms with E-state index >= 15 is 0 Å². The van der Waals surface area contributed by atoms with Crippen LogP contribution in [-0.2, 0) is 4.74 Å². The van der Waals surface area contributed by atoms with Gasteiger partial charge < -0.3 is 24.9 Å². The predicted octanol–water partition coefficient (Wildman–Crippen LogP) is 4.05. The van der Waals surface area contributed by atoms with Crippen molar-refractivity contribution in [3.05, 3.63) is 35.5 Å². The maximum absolute atomic E-state index is 7.39. The van der Waals surface area contributed by atoms with E-state index in [-0.39, 0.29) is 18.2 Å². The van der Waals surface area contributed by atoms with Crippen LogP contribution in [0.4, 0.5) is 0 Å². The molecule has 1 atom stereocenters. The molecule has 1 fully saturated rings. The summed E-state index contributed by atoms with van der Waals surface area (Å²) in [5.41, 5.74) is 11.4. The number of nitrogens with two attached hydrogens (primary N) is 1. The average Bonchev–Trinajstić information content (AvgIpc) is 3.30. The number of nitrogens with zero attached hydrogens (tertiary/aromatic N) is 3. The number of hydrogen-bond acceptors (Lipinski definition) is 6. The van der Waals surface area contributed by atoms with E-state index < -0.39 is 7.04 Å². The van der Waals surface area contributed by atoms with Crippen LogP contribution in [0.1, 0.15) is 65.6 Å². The summed E-state index contributed by atoms with van der Waals surface area (Å²) in [5, 5.41) is 7.25. The molecule has 0 spiro atoms. The number of fused-ring (bicyclic) bond motifs is 1. The van der Waals surface area contributed by atoms with Gasteiger partial charge in [-0.2, -0.15) is 0 Å². The van der Waals surface area contributed by atoms with Gasteiger partial charge in [-0.1, -0.05) is 11.2 Å². The average molecular weight is 415 g/mol. The minimum Gasteiger partial charge on any atom is -0.381 e. The number of methoxy groups -OCH3 is 1. The molecule has 0 radical (unpaired) electrons. The Balaban J connectivity index is 1.69. The van der Waals surface area contributed by atoms with Crippen molar-refractivity contribution in [1.29, 1.82) is 0 Å². The molecule has 7 heteroatoms. The van der Waals surface area contributed by atoms with E-state index in [0.717, 1.165) is 65.2 Å². The summed E-state index contributed by atoms with van der Waals surface area (Å²) in [6.07, 6.45) is 3.58. The monoisotopic (exact) mass is 414 g/mol. The number of benzene rings is 1. The highest BCUT2D eigenvalue weighted by Gasteiger charge is 2.28. The van der Waals surface area contributed by atoms with Crippen molar-refractivity contribution in [3.8, 4) is 11.1 Å². The van der Waals surface area contributed by atoms with Gasteiger partial charge in [-0.3, -0.25) is 0 Å². The standard InChI is InChI=1S/C23H33N5O2/c1-14-22(15(2)30-27-14)16-5-10-21-20(13-16)26-23(19(24)11-12-25-3)28(21)17-6-8-18(29-4)9-7-17/h5,10,13,17-19,25H,6-9,11-12,24H2,1-4H3/t17?,18?,19-/m0/s1/i4D3. The van der Waals surface area contributed by atoms with Gasteiger partial charge in [0.2, 0.25) is 0 Å². The van der Waals surface area contributed by atoms with Crippen molar-refractivity contribution >= 4 is 11.0 Å². The van der Waals surface area contributed by atoms with Crippen LogP contribution in [-0.4, -0.2) is 41.4 Å². The number of hydrogen-bond donors (Lipinski definition) is 2. The first-order valence-electron chi connectivity index (χ1n) is 12.2. The third-order valence-corrected chi connectivity index (χ3v) is 6.25. The molecule has 1 aliphatic carbocycles. The minimum absolute atomic E-state index is 0.201. The largest absolute Gasteiger partial charge is 0.381 e. The molecule has 30 heavy (non-hydrogen) atoms. The van der Waals surface area contributed by atoms with Crippen LogP contribution >= 0.6 is 0 Å². The molecule has 4 rings (SSSR count). The molecule has 0 unspecified atom stereocenters. The molecular formula is C23H33N5O2. The lowest BCUT2D eigenvalue weighted by atomic mass is 9.92. The van der Waals surface area contributed by atoms with Crippen molar-refractivity contribution in [2.75, 3.05) is 20.6 Å². The Hall–Kier alpha value is -2.22. The zero-order chi connectivity index (χ0) is 23.8. The zero-order valence-electron chi connectivity index (χ0n) is 20.9. The summed E-state index contributed by atoms with van der Waals surface area (Å²) in [4.78, 5) is 4.99. The van der Waals surface area contributed by atoms with E-state index in [9.17, 15) is 0 Å². The maximum Gasteiger partial charge on any atom is 0.141 e. The molecule has 2 aromatic heterocycles. The van der Waals surface area contributed by atoms with Gasteiger partial charge in [0.15, 0.2) is 0 Å². The normalized spacial score (nSPS) is 22.6. The third-order valence-electron chi connectivity index (χ3n) is 6.25. The van der Waals surface area contributed by atoms with Crippen LogP contribution in [0.2, 0.25) is 0 Å². The van der Waals surface area contributed by atoms with Crippen molar-refractivity contribution in [2.45, 2.75) is 64.1 Å². The Kier molecular flexibility index (Phi) is 5.17. The van der Waals surface area contributed by atoms with Crippen LogP contribution in [0, 0.1) is 13.8 Å². The summed E-state index contributed by atoms with van der Waals surface area (Å²) in [6.45, 7) is 4.65. The van der Waals surface area contributed by atoms with E-state index in [4.69, 9.17) is 24.1 Å². The fourth-order valence-electron chi connectivity index (χ4n) is 4.66. The summed E-state index contributed by atoms with van der Waals surface area (Å²) >= 11 is 0. The molecule has 7 nitrogen and oxygen atoms in total. The van der Waals surface area contributed by atoms with E-state index in [1.54, 1.807) is 0 Å². The second-order valence-corrected chi connectivity index (χ2v) is 8.29. The molecule has 3 aromatic rings. The van der Waals surface area contributed by atoms with Gasteiger partial charge in [-0.25, -0.2) is 4.98 Å². The molecule has 3 N–H and O–H groups in total. The van der Waals surface area contributed by atoms with Crippen molar-refractivity contribution in [1.82, 2.24) is 20.0 Å². The van der Waals surface area contributed by atoms with E-state index in [2.05, 4.69) is 33.2 Å². The van der Waals surface area contributed by atoms with Gasteiger partial charge >= 0.3 is 0 Å². The molecule has 1 aliphatic rings. The second-order valence-electron chi connectivity index (χ2n) is 8.29. The number of imidazole rings is 1. The number of aryl methyl sites for hydroxylation is 2. The van der Waals surface area contributed by atoms with Crippen LogP contribution in [0.3, 0.4) is 0 Å². The summed E-state index contributed by atoms with van der Waals surface area (Å²) < 4.78 is 35.1. The quantitative estimate of drug-likeness (QED) is 0.606. The van der Waals surface area contributed by atoms with Crippen molar-refractivity contribution in [3.63, 3.8) is 0 Å². The molecule has 0 amide bonds. The molecule has 0 saturated heterocycles. The lowest BCUT2D eigenvalue weighted by molar-refractivity contribution is 0.0584. The van der Waals surface area contributed by atoms with Gasteiger partial charge in [0.05, 0.1) is 33.0 Å². The minimum atomic E-state index is -2.35. The lowest BCUT2D eigenvalue weighted by Gasteiger charge is -2.31. The Labute approximate surface area is 182 Å². The molecule has 0 bridgehead atoms. The molecule has 2 heterocycles. The fourth-order valence-corrected chi connectivity index (χ4v) is 4.66. The highest BCUT2D eigenvalue weighted by Crippen LogP contribution is 2.37. The van der Waals surface area contributed by atoms with E-state index in [0.29, 0.717) is 12.8 Å². The molecule has 1 saturated carbocycles. The summed E-state index contributed by atoms with van der Waals surface area (Å²) in [7, 11) is -0.438. The van der Waals surface area contributed by atoms with Crippen LogP contribution < -0.4 is 11.1 Å². The summed E-state index contributed by atoms with van der Waals surface area (Å²) in [5.74, 6) is 1.65. The highest BCUT2D eigenvalue weighted by molar-refractivity contribution is 5.83. The number of nitrogens with one attached hydrogen (secondary N) is 1. The molecule has 1 aromatic carbocycles. The van der Waals surface area contributed by atoms with Gasteiger partial charge in [-0.15, -0.1) is 0 Å². The summed E-state index contributed by atoms with van der Waals surface area (Å²) in [6, 6.07) is 6.26. The smallest absolute Gasteiger partial charge is 0.141 e. The first-order chi connectivity index (χ1) is 15.7. The van der Waals surface area contributed by atoms with E-state index in [1.165, 1.54) is 0 Å². The molecule has 162 valence electrons. The van der Waals surface area contributed by atoms with Gasteiger partial charge in [-0.05, 0) is 77.2 Å². The van der Waals surface area contributed by atoms with Crippen LogP contribution in [0.25, 0.3) is 22.2 Å². The molecular weight excluding hydrogens is 378 g/mol. The predicted molar refractivity (Wildman–Crippen MR) is 118 cm³/mol. The Morgan fingerprint density at radius 3 is 2.80 bits per heavy atom. The highest BCUT2D eigenvalue weighted by atomic mass is 16.5. The number of aromatic nitrogens is 3. The first-order valence-corrected chi connectivity index (χ1v) is 10.7. The maximum atomic E-state index is 7.39. The SMILES string of the molecule is [2H]C([2H])([2H])OC1CCC(n2c([C@@H](N)CCNC)nc3cc(-c4c(C)noc4C)ccc32)CC1. The van der Waals surface area contributed by atoms with Gasteiger partial charge in [0.1, 0.15) is 11.6 Å². The van der Waals surface area contributed by atoms with Crippen molar-refractivity contribution < 1.29 is 13.4 Å². The Morgan fingerprint density at radius 1 is 1.33 bits per heavy atom. The lowest BCUT2D eigenvalue weighted by Crippen LogP contribution is -2.27. The zero-order valence-corrected chi connectivity index (χ0v) is 17.9. The van der Waals surface area contributed by atoms with Crippen LogP contribution in [0.5, 0.6) is 0 Å². The fraction of sp³-hybridized carbons (Fsp3) is 0.565. The Bertz CT molecular complexity index is 1080. The number of rotatable bonds is 7. The topological polar surface area (TPSA) is 91.1 Å². The van der Waals surface area contributed by atoms with E-state index in [1.807, 2.05) is 20.9 Å². The molecule has 0 aliphatic heterocycles. The Morgan fingerprint density at radius 2 is 2.13 bits per heavy atom. The van der Waals surface area contributed by atoms with Gasteiger partial charge in [0, 0.05) is 18.6 Å². The van der Waals surface area contributed by atoms with Crippen LogP contribution in [0.15, 0.2) is 22.7 Å². The number of ether oxygens (including phenoxy) is 1. The third kappa shape index (κ3) is 3.89.